The van der Waals surface area contributed by atoms with Crippen LogP contribution in [-0.4, -0.2) is 4.98 Å². The monoisotopic (exact) mass is 446 g/mol. The number of pyridine rings is 1. The van der Waals surface area contributed by atoms with Crippen LogP contribution in [0.2, 0.25) is 0 Å². The highest BCUT2D eigenvalue weighted by molar-refractivity contribution is 9.10. The summed E-state index contributed by atoms with van der Waals surface area (Å²) in [6, 6.07) is 10.4. The molecule has 0 spiro atoms. The molecule has 0 atom stereocenters. The number of rotatable bonds is 2. The molecule has 0 N–H and O–H groups in total. The van der Waals surface area contributed by atoms with Crippen LogP contribution >= 0.6 is 27.3 Å². The van der Waals surface area contributed by atoms with Crippen molar-refractivity contribution in [2.75, 3.05) is 0 Å². The number of hydrogen-bond donors (Lipinski definition) is 0. The third-order valence-electron chi connectivity index (χ3n) is 2.82. The summed E-state index contributed by atoms with van der Waals surface area (Å²) >= 11 is 5.22. The zero-order valence-electron chi connectivity index (χ0n) is 10.3. The van der Waals surface area contributed by atoms with E-state index in [1.54, 1.807) is 11.3 Å². The lowest BCUT2D eigenvalue weighted by molar-refractivity contribution is -0.693. The third kappa shape index (κ3) is 3.14. The number of benzene rings is 1. The fraction of sp³-hybridized carbons (Fsp3) is 0.143. The van der Waals surface area contributed by atoms with E-state index < -0.39 is 0 Å². The van der Waals surface area contributed by atoms with Crippen LogP contribution in [0.15, 0.2) is 47.2 Å². The molecule has 0 aliphatic carbocycles. The summed E-state index contributed by atoms with van der Waals surface area (Å²) in [6.45, 7) is 3.11. The van der Waals surface area contributed by atoms with Crippen LogP contribution in [0, 0.1) is 0 Å². The minimum Gasteiger partial charge on any atom is -1.00 e. The van der Waals surface area contributed by atoms with Gasteiger partial charge in [0.1, 0.15) is 11.6 Å². The second-order valence-corrected chi connectivity index (χ2v) is 6.00. The van der Waals surface area contributed by atoms with Gasteiger partial charge >= 0.3 is 0 Å². The molecule has 19 heavy (non-hydrogen) atoms. The lowest BCUT2D eigenvalue weighted by Crippen LogP contribution is -3.00. The molecule has 0 saturated carbocycles. The van der Waals surface area contributed by atoms with Crippen LogP contribution in [-0.2, 0) is 6.54 Å². The van der Waals surface area contributed by atoms with E-state index in [9.17, 15) is 0 Å². The van der Waals surface area contributed by atoms with E-state index in [1.807, 2.05) is 6.07 Å². The lowest BCUT2D eigenvalue weighted by Gasteiger charge is -1.94. The van der Waals surface area contributed by atoms with Crippen molar-refractivity contribution in [2.24, 2.45) is 0 Å². The van der Waals surface area contributed by atoms with Gasteiger partial charge in [-0.25, -0.2) is 9.55 Å². The Morgan fingerprint density at radius 1 is 1.32 bits per heavy atom. The SMILES string of the molecule is CC[n+]1cccc(-c2nc3ccc(Br)cc3s2)c1.[I-]. The topological polar surface area (TPSA) is 16.8 Å². The zero-order valence-corrected chi connectivity index (χ0v) is 14.9. The van der Waals surface area contributed by atoms with E-state index in [2.05, 4.69) is 69.1 Å². The molecular weight excluding hydrogens is 435 g/mol. The predicted octanol–water partition coefficient (Wildman–Crippen LogP) is 1.04. The molecule has 0 aliphatic rings. The molecule has 1 aromatic carbocycles. The first-order valence-electron chi connectivity index (χ1n) is 5.82. The first-order chi connectivity index (χ1) is 8.76. The summed E-state index contributed by atoms with van der Waals surface area (Å²) in [7, 11) is 0. The Morgan fingerprint density at radius 2 is 2.16 bits per heavy atom. The van der Waals surface area contributed by atoms with E-state index in [4.69, 9.17) is 0 Å². The van der Waals surface area contributed by atoms with Crippen molar-refractivity contribution in [3.63, 3.8) is 0 Å². The molecule has 0 amide bonds. The summed E-state index contributed by atoms with van der Waals surface area (Å²) < 4.78 is 4.48. The smallest absolute Gasteiger partial charge is 0.179 e. The first kappa shape index (κ1) is 14.9. The zero-order chi connectivity index (χ0) is 12.5. The average molecular weight is 447 g/mol. The van der Waals surface area contributed by atoms with Gasteiger partial charge in [0.15, 0.2) is 12.4 Å². The second-order valence-electron chi connectivity index (χ2n) is 4.05. The van der Waals surface area contributed by atoms with Gasteiger partial charge < -0.3 is 24.0 Å². The Bertz CT molecular complexity index is 711. The van der Waals surface area contributed by atoms with Crippen LogP contribution in [0.1, 0.15) is 6.92 Å². The highest BCUT2D eigenvalue weighted by Gasteiger charge is 2.09. The molecule has 3 aromatic rings. The average Bonchev–Trinajstić information content (AvgIpc) is 2.81. The van der Waals surface area contributed by atoms with Gasteiger partial charge in [-0.05, 0) is 31.2 Å². The highest BCUT2D eigenvalue weighted by atomic mass is 127. The van der Waals surface area contributed by atoms with Gasteiger partial charge in [-0.3, -0.25) is 0 Å². The Kier molecular flexibility index (Phi) is 4.92. The molecule has 0 saturated heterocycles. The van der Waals surface area contributed by atoms with Gasteiger partial charge in [0, 0.05) is 10.5 Å². The predicted molar refractivity (Wildman–Crippen MR) is 78.6 cm³/mol. The quantitative estimate of drug-likeness (QED) is 0.424. The second kappa shape index (κ2) is 6.28. The molecule has 0 unspecified atom stereocenters. The third-order valence-corrected chi connectivity index (χ3v) is 4.38. The van der Waals surface area contributed by atoms with Gasteiger partial charge in [0.05, 0.1) is 15.8 Å². The maximum atomic E-state index is 4.68. The highest BCUT2D eigenvalue weighted by Crippen LogP contribution is 2.31. The summed E-state index contributed by atoms with van der Waals surface area (Å²) in [6.07, 6.45) is 4.22. The summed E-state index contributed by atoms with van der Waals surface area (Å²) in [4.78, 5) is 4.68. The van der Waals surface area contributed by atoms with Crippen molar-refractivity contribution in [1.29, 1.82) is 0 Å². The molecular formula is C14H12BrIN2S. The minimum atomic E-state index is 0. The van der Waals surface area contributed by atoms with E-state index >= 15 is 0 Å². The molecule has 0 fully saturated rings. The molecule has 3 rings (SSSR count). The van der Waals surface area contributed by atoms with E-state index in [-0.39, 0.29) is 24.0 Å². The summed E-state index contributed by atoms with van der Waals surface area (Å²) in [5.41, 5.74) is 2.24. The van der Waals surface area contributed by atoms with Crippen molar-refractivity contribution in [3.8, 4) is 10.6 Å². The molecule has 0 aliphatic heterocycles. The van der Waals surface area contributed by atoms with E-state index in [0.717, 1.165) is 21.5 Å². The number of hydrogen-bond acceptors (Lipinski definition) is 2. The number of aromatic nitrogens is 2. The largest absolute Gasteiger partial charge is 1.00 e. The van der Waals surface area contributed by atoms with E-state index in [0.29, 0.717) is 0 Å². The molecule has 0 radical (unpaired) electrons. The van der Waals surface area contributed by atoms with Gasteiger partial charge in [-0.1, -0.05) is 15.9 Å². The van der Waals surface area contributed by atoms with Gasteiger partial charge in [0.2, 0.25) is 0 Å². The molecule has 5 heteroatoms. The fourth-order valence-electron chi connectivity index (χ4n) is 1.87. The Labute approximate surface area is 141 Å². The summed E-state index contributed by atoms with van der Waals surface area (Å²) in [5.74, 6) is 0. The Morgan fingerprint density at radius 3 is 2.95 bits per heavy atom. The van der Waals surface area contributed by atoms with Crippen LogP contribution in [0.3, 0.4) is 0 Å². The van der Waals surface area contributed by atoms with Crippen LogP contribution in [0.4, 0.5) is 0 Å². The fourth-order valence-corrected chi connectivity index (χ4v) is 3.37. The molecule has 98 valence electrons. The minimum absolute atomic E-state index is 0. The maximum Gasteiger partial charge on any atom is 0.179 e. The lowest BCUT2D eigenvalue weighted by atomic mass is 10.3. The first-order valence-corrected chi connectivity index (χ1v) is 7.43. The molecule has 0 bridgehead atoms. The summed E-state index contributed by atoms with van der Waals surface area (Å²) in [5, 5.41) is 1.07. The number of fused-ring (bicyclic) bond motifs is 1. The Balaban J connectivity index is 0.00000133. The van der Waals surface area contributed by atoms with Crippen molar-refractivity contribution >= 4 is 37.5 Å². The molecule has 2 aromatic heterocycles. The van der Waals surface area contributed by atoms with Crippen LogP contribution in [0.25, 0.3) is 20.8 Å². The number of thiazole rings is 1. The molecule has 2 nitrogen and oxygen atoms in total. The van der Waals surface area contributed by atoms with Crippen molar-refractivity contribution in [3.05, 3.63) is 47.2 Å². The van der Waals surface area contributed by atoms with E-state index in [1.165, 1.54) is 10.3 Å². The van der Waals surface area contributed by atoms with Crippen molar-refractivity contribution < 1.29 is 28.5 Å². The van der Waals surface area contributed by atoms with Crippen molar-refractivity contribution in [2.45, 2.75) is 13.5 Å². The van der Waals surface area contributed by atoms with Crippen LogP contribution in [0.5, 0.6) is 0 Å². The van der Waals surface area contributed by atoms with Gasteiger partial charge in [-0.2, -0.15) is 0 Å². The van der Waals surface area contributed by atoms with Gasteiger partial charge in [-0.15, -0.1) is 11.3 Å². The van der Waals surface area contributed by atoms with Crippen molar-refractivity contribution in [1.82, 2.24) is 4.98 Å². The number of halogens is 2. The van der Waals surface area contributed by atoms with Gasteiger partial charge in [0.25, 0.3) is 0 Å². The normalized spacial score (nSPS) is 10.4. The maximum absolute atomic E-state index is 4.68. The number of aryl methyl sites for hydroxylation is 1. The molecule has 2 heterocycles. The number of nitrogens with zero attached hydrogens (tertiary/aromatic N) is 2. The van der Waals surface area contributed by atoms with Crippen LogP contribution < -0.4 is 28.5 Å². The standard InChI is InChI=1S/C14H12BrN2S.HI/c1-2-17-7-3-4-10(9-17)14-16-12-6-5-11(15)8-13(12)18-14;/h3-9H,2H2,1H3;1H/q+1;/p-1. The Hall–Kier alpha value is -0.530.